The van der Waals surface area contributed by atoms with Crippen LogP contribution in [-0.4, -0.2) is 6.54 Å². The average Bonchev–Trinajstić information content (AvgIpc) is 3.09. The maximum absolute atomic E-state index is 6.04. The van der Waals surface area contributed by atoms with Gasteiger partial charge in [0.25, 0.3) is 0 Å². The zero-order valence-corrected chi connectivity index (χ0v) is 14.3. The average molecular weight is 364 g/mol. The lowest BCUT2D eigenvalue weighted by atomic mass is 10.1. The number of thiophene rings is 1. The fourth-order valence-electron chi connectivity index (χ4n) is 2.43. The molecule has 0 aliphatic rings. The molecule has 21 heavy (non-hydrogen) atoms. The lowest BCUT2D eigenvalue weighted by Crippen LogP contribution is -2.23. The first-order chi connectivity index (χ1) is 10.3. The second-order valence-electron chi connectivity index (χ2n) is 5.13. The number of halogens is 1. The van der Waals surface area contributed by atoms with Crippen molar-refractivity contribution in [2.75, 3.05) is 6.54 Å². The Morgan fingerprint density at radius 3 is 2.86 bits per heavy atom. The number of para-hydroxylation sites is 1. The predicted molar refractivity (Wildman–Crippen MR) is 93.0 cm³/mol. The monoisotopic (exact) mass is 363 g/mol. The molecule has 1 unspecified atom stereocenters. The number of nitrogens with one attached hydrogen (secondary N) is 1. The molecule has 0 amide bonds. The highest BCUT2D eigenvalue weighted by Crippen LogP contribution is 2.29. The third kappa shape index (κ3) is 3.57. The van der Waals surface area contributed by atoms with Crippen molar-refractivity contribution in [3.63, 3.8) is 0 Å². The molecule has 0 saturated carbocycles. The van der Waals surface area contributed by atoms with Crippen LogP contribution < -0.4 is 5.32 Å². The molecular formula is C17H18BrNOS. The van der Waals surface area contributed by atoms with E-state index in [-0.39, 0.29) is 6.04 Å². The summed E-state index contributed by atoms with van der Waals surface area (Å²) < 4.78 is 7.19. The van der Waals surface area contributed by atoms with Gasteiger partial charge >= 0.3 is 0 Å². The zero-order valence-electron chi connectivity index (χ0n) is 11.9. The standard InChI is InChI=1S/C17H18BrNOS/c1-2-7-19-15(10-14-9-13(18)11-21-14)17-8-12-5-3-4-6-16(12)20-17/h3-6,8-9,11,15,19H,2,7,10H2,1H3. The van der Waals surface area contributed by atoms with E-state index in [4.69, 9.17) is 4.42 Å². The van der Waals surface area contributed by atoms with Crippen LogP contribution in [0.1, 0.15) is 30.0 Å². The van der Waals surface area contributed by atoms with E-state index >= 15 is 0 Å². The molecule has 2 nitrogen and oxygen atoms in total. The van der Waals surface area contributed by atoms with E-state index in [9.17, 15) is 0 Å². The molecule has 0 radical (unpaired) electrons. The number of fused-ring (bicyclic) bond motifs is 1. The third-order valence-corrected chi connectivity index (χ3v) is 5.18. The van der Waals surface area contributed by atoms with Gasteiger partial charge in [0.15, 0.2) is 0 Å². The van der Waals surface area contributed by atoms with Gasteiger partial charge in [-0.25, -0.2) is 0 Å². The van der Waals surface area contributed by atoms with E-state index in [1.54, 1.807) is 11.3 Å². The van der Waals surface area contributed by atoms with Gasteiger partial charge in [0, 0.05) is 26.5 Å². The molecule has 1 atom stereocenters. The molecule has 3 aromatic rings. The normalized spacial score (nSPS) is 12.9. The summed E-state index contributed by atoms with van der Waals surface area (Å²) in [4.78, 5) is 1.36. The van der Waals surface area contributed by atoms with Crippen molar-refractivity contribution in [2.45, 2.75) is 25.8 Å². The Kier molecular flexibility index (Phi) is 4.78. The van der Waals surface area contributed by atoms with Gasteiger partial charge in [-0.15, -0.1) is 11.3 Å². The van der Waals surface area contributed by atoms with E-state index < -0.39 is 0 Å². The van der Waals surface area contributed by atoms with Crippen molar-refractivity contribution in [2.24, 2.45) is 0 Å². The van der Waals surface area contributed by atoms with E-state index in [1.165, 1.54) is 10.3 Å². The van der Waals surface area contributed by atoms with Crippen molar-refractivity contribution in [3.05, 3.63) is 56.9 Å². The largest absolute Gasteiger partial charge is 0.459 e. The van der Waals surface area contributed by atoms with Crippen molar-refractivity contribution >= 4 is 38.2 Å². The van der Waals surface area contributed by atoms with Crippen LogP contribution in [0.5, 0.6) is 0 Å². The fourth-order valence-corrected chi connectivity index (χ4v) is 3.93. The fraction of sp³-hybridized carbons (Fsp3) is 0.294. The Morgan fingerprint density at radius 2 is 2.14 bits per heavy atom. The summed E-state index contributed by atoms with van der Waals surface area (Å²) in [5, 5.41) is 6.90. The molecular weight excluding hydrogens is 346 g/mol. The summed E-state index contributed by atoms with van der Waals surface area (Å²) in [7, 11) is 0. The summed E-state index contributed by atoms with van der Waals surface area (Å²) in [6.45, 7) is 3.18. The summed E-state index contributed by atoms with van der Waals surface area (Å²) >= 11 is 5.31. The van der Waals surface area contributed by atoms with Gasteiger partial charge in [0.2, 0.25) is 0 Å². The van der Waals surface area contributed by atoms with Crippen LogP contribution >= 0.6 is 27.3 Å². The summed E-state index contributed by atoms with van der Waals surface area (Å²) in [6, 6.07) is 12.8. The molecule has 2 aromatic heterocycles. The van der Waals surface area contributed by atoms with Gasteiger partial charge in [-0.3, -0.25) is 0 Å². The number of hydrogen-bond acceptors (Lipinski definition) is 3. The minimum Gasteiger partial charge on any atom is -0.459 e. The van der Waals surface area contributed by atoms with Crippen LogP contribution in [-0.2, 0) is 6.42 Å². The highest BCUT2D eigenvalue weighted by Gasteiger charge is 2.17. The van der Waals surface area contributed by atoms with E-state index in [2.05, 4.69) is 51.7 Å². The molecule has 0 saturated heterocycles. The van der Waals surface area contributed by atoms with E-state index in [0.29, 0.717) is 0 Å². The first-order valence-corrected chi connectivity index (χ1v) is 8.88. The number of hydrogen-bond donors (Lipinski definition) is 1. The van der Waals surface area contributed by atoms with Gasteiger partial charge in [0.1, 0.15) is 11.3 Å². The van der Waals surface area contributed by atoms with Gasteiger partial charge in [-0.2, -0.15) is 0 Å². The second-order valence-corrected chi connectivity index (χ2v) is 7.04. The minimum atomic E-state index is 0.225. The molecule has 0 spiro atoms. The maximum Gasteiger partial charge on any atom is 0.134 e. The predicted octanol–water partition coefficient (Wildman–Crippen LogP) is 5.54. The highest BCUT2D eigenvalue weighted by atomic mass is 79.9. The van der Waals surface area contributed by atoms with E-state index in [0.717, 1.165) is 35.2 Å². The Morgan fingerprint density at radius 1 is 1.29 bits per heavy atom. The Balaban J connectivity index is 1.86. The maximum atomic E-state index is 6.04. The Hall–Kier alpha value is -1.10. The highest BCUT2D eigenvalue weighted by molar-refractivity contribution is 9.10. The number of furan rings is 1. The quantitative estimate of drug-likeness (QED) is 0.621. The molecule has 0 aliphatic carbocycles. The summed E-state index contributed by atoms with van der Waals surface area (Å²) in [5.41, 5.74) is 0.961. The molecule has 110 valence electrons. The van der Waals surface area contributed by atoms with Crippen LogP contribution in [0.3, 0.4) is 0 Å². The van der Waals surface area contributed by atoms with Crippen LogP contribution in [0.25, 0.3) is 11.0 Å². The molecule has 2 heterocycles. The molecule has 3 rings (SSSR count). The minimum absolute atomic E-state index is 0.225. The smallest absolute Gasteiger partial charge is 0.134 e. The third-order valence-electron chi connectivity index (χ3n) is 3.46. The Bertz CT molecular complexity index is 685. The van der Waals surface area contributed by atoms with Crippen LogP contribution in [0.15, 0.2) is 50.7 Å². The SMILES string of the molecule is CCCNC(Cc1cc(Br)cs1)c1cc2ccccc2o1. The molecule has 0 fully saturated rings. The van der Waals surface area contributed by atoms with Crippen LogP contribution in [0, 0.1) is 0 Å². The first-order valence-electron chi connectivity index (χ1n) is 7.21. The van der Waals surface area contributed by atoms with Crippen molar-refractivity contribution < 1.29 is 4.42 Å². The van der Waals surface area contributed by atoms with Gasteiger partial charge in [0.05, 0.1) is 6.04 Å². The number of benzene rings is 1. The van der Waals surface area contributed by atoms with Crippen molar-refractivity contribution in [3.8, 4) is 0 Å². The molecule has 0 bridgehead atoms. The number of rotatable bonds is 6. The lowest BCUT2D eigenvalue weighted by Gasteiger charge is -2.15. The molecule has 0 aliphatic heterocycles. The second kappa shape index (κ2) is 6.77. The molecule has 4 heteroatoms. The van der Waals surface area contributed by atoms with Crippen LogP contribution in [0.2, 0.25) is 0 Å². The summed E-state index contributed by atoms with van der Waals surface area (Å²) in [5.74, 6) is 1.02. The topological polar surface area (TPSA) is 25.2 Å². The van der Waals surface area contributed by atoms with Gasteiger partial charge in [-0.1, -0.05) is 25.1 Å². The zero-order chi connectivity index (χ0) is 14.7. The molecule has 1 aromatic carbocycles. The van der Waals surface area contributed by atoms with Gasteiger partial charge < -0.3 is 9.73 Å². The van der Waals surface area contributed by atoms with Crippen molar-refractivity contribution in [1.29, 1.82) is 0 Å². The van der Waals surface area contributed by atoms with Crippen molar-refractivity contribution in [1.82, 2.24) is 5.32 Å². The Labute approximate surface area is 137 Å². The van der Waals surface area contributed by atoms with Gasteiger partial charge in [-0.05, 0) is 47.1 Å². The molecule has 1 N–H and O–H groups in total. The lowest BCUT2D eigenvalue weighted by molar-refractivity contribution is 0.429. The van der Waals surface area contributed by atoms with Crippen LogP contribution in [0.4, 0.5) is 0 Å². The van der Waals surface area contributed by atoms with E-state index in [1.807, 2.05) is 18.2 Å². The first kappa shape index (κ1) is 14.8. The summed E-state index contributed by atoms with van der Waals surface area (Å²) in [6.07, 6.45) is 2.07.